The maximum Gasteiger partial charge on any atom is 0.407 e. The number of hydrogen-bond acceptors (Lipinski definition) is 12. The number of hydrogen-bond donors (Lipinski definition) is 6. The van der Waals surface area contributed by atoms with Crippen LogP contribution in [0.3, 0.4) is 0 Å². The second-order valence-corrected chi connectivity index (χ2v) is 21.4. The number of alkyl halides is 2. The van der Waals surface area contributed by atoms with Crippen molar-refractivity contribution in [2.24, 2.45) is 13.0 Å². The summed E-state index contributed by atoms with van der Waals surface area (Å²) >= 11 is 0. The van der Waals surface area contributed by atoms with Gasteiger partial charge >= 0.3 is 12.2 Å². The number of anilines is 4. The molecule has 0 aliphatic heterocycles. The van der Waals surface area contributed by atoms with Crippen LogP contribution in [-0.4, -0.2) is 102 Å². The monoisotopic (exact) mass is 1030 g/mol. The smallest absolute Gasteiger partial charge is 0.407 e. The molecule has 6 fully saturated rings. The first-order chi connectivity index (χ1) is 36.0. The minimum absolute atomic E-state index is 0.0459. The zero-order chi connectivity index (χ0) is 51.7. The van der Waals surface area contributed by atoms with E-state index in [2.05, 4.69) is 41.7 Å². The molecule has 6 aliphatic rings. The van der Waals surface area contributed by atoms with Crippen molar-refractivity contribution in [1.82, 2.24) is 64.7 Å². The van der Waals surface area contributed by atoms with E-state index in [1.54, 1.807) is 40.1 Å². The number of rotatable bonds is 13. The highest BCUT2D eigenvalue weighted by Crippen LogP contribution is 2.57. The van der Waals surface area contributed by atoms with Crippen LogP contribution in [0.25, 0.3) is 39.5 Å². The van der Waals surface area contributed by atoms with Gasteiger partial charge in [0.1, 0.15) is 48.1 Å². The molecule has 2 bridgehead atoms. The van der Waals surface area contributed by atoms with E-state index >= 15 is 8.78 Å². The van der Waals surface area contributed by atoms with Crippen molar-refractivity contribution in [1.29, 1.82) is 0 Å². The summed E-state index contributed by atoms with van der Waals surface area (Å²) in [5.74, 6) is -0.421. The second kappa shape index (κ2) is 17.3. The van der Waals surface area contributed by atoms with Crippen LogP contribution >= 0.6 is 0 Å². The topological polar surface area (TPSA) is 227 Å². The lowest BCUT2D eigenvalue weighted by Gasteiger charge is -2.61. The Morgan fingerprint density at radius 1 is 0.893 bits per heavy atom. The van der Waals surface area contributed by atoms with Gasteiger partial charge in [-0.1, -0.05) is 0 Å². The number of carbonyl (C=O) groups excluding carboxylic acids is 2. The molecule has 7 heterocycles. The third-order valence-corrected chi connectivity index (χ3v) is 15.9. The minimum atomic E-state index is -1.48. The number of aromatic amines is 2. The van der Waals surface area contributed by atoms with E-state index in [0.717, 1.165) is 55.0 Å². The summed E-state index contributed by atoms with van der Waals surface area (Å²) in [6.45, 7) is 5.77. The summed E-state index contributed by atoms with van der Waals surface area (Å²) in [6, 6.07) is 8.21. The fourth-order valence-corrected chi connectivity index (χ4v) is 11.6. The summed E-state index contributed by atoms with van der Waals surface area (Å²) in [4.78, 5) is 40.2. The minimum Gasteiger partial charge on any atom is -0.443 e. The molecule has 0 unspecified atom stereocenters. The summed E-state index contributed by atoms with van der Waals surface area (Å²) in [7, 11) is 1.86. The Labute approximate surface area is 425 Å². The lowest BCUT2D eigenvalue weighted by Crippen LogP contribution is -2.68. The van der Waals surface area contributed by atoms with Gasteiger partial charge < -0.3 is 25.4 Å². The van der Waals surface area contributed by atoms with Crippen LogP contribution in [-0.2, 0) is 16.5 Å². The molecular formula is C51H53F4N16O4+. The molecule has 7 aromatic heterocycles. The molecule has 8 aromatic rings. The van der Waals surface area contributed by atoms with Crippen molar-refractivity contribution in [2.75, 3.05) is 10.6 Å². The molecule has 0 radical (unpaired) electrons. The highest BCUT2D eigenvalue weighted by molar-refractivity contribution is 5.81. The Morgan fingerprint density at radius 2 is 1.67 bits per heavy atom. The summed E-state index contributed by atoms with van der Waals surface area (Å²) in [6.07, 6.45) is 6.09. The summed E-state index contributed by atoms with van der Waals surface area (Å²) in [5, 5.41) is 32.7. The van der Waals surface area contributed by atoms with E-state index in [4.69, 9.17) is 29.5 Å². The van der Waals surface area contributed by atoms with E-state index < -0.39 is 60.2 Å². The fraction of sp³-hybridized carbons (Fsp3) is 0.431. The molecule has 2 amide bonds. The number of fused-ring (bicyclic) bond motifs is 2. The largest absolute Gasteiger partial charge is 0.443 e. The normalized spacial score (nSPS) is 25.3. The quantitative estimate of drug-likeness (QED) is 0.0474. The van der Waals surface area contributed by atoms with Gasteiger partial charge in [0.25, 0.3) is 17.6 Å². The fourth-order valence-electron chi connectivity index (χ4n) is 11.6. The predicted molar refractivity (Wildman–Crippen MR) is 262 cm³/mol. The second-order valence-electron chi connectivity index (χ2n) is 21.4. The molecule has 388 valence electrons. The Bertz CT molecular complexity index is 3540. The van der Waals surface area contributed by atoms with Crippen LogP contribution in [0.4, 0.5) is 50.6 Å². The maximum absolute atomic E-state index is 16.0. The van der Waals surface area contributed by atoms with Crippen LogP contribution in [0.15, 0.2) is 61.2 Å². The maximum atomic E-state index is 16.0. The van der Waals surface area contributed by atoms with Gasteiger partial charge in [-0.3, -0.25) is 14.2 Å². The van der Waals surface area contributed by atoms with Crippen LogP contribution in [0.5, 0.6) is 0 Å². The third-order valence-electron chi connectivity index (χ3n) is 15.9. The van der Waals surface area contributed by atoms with Crippen molar-refractivity contribution in [3.63, 3.8) is 0 Å². The number of nitrogens with zero attached hydrogens (tertiary/aromatic N) is 10. The lowest BCUT2D eigenvalue weighted by molar-refractivity contribution is -0.646. The molecule has 6 atom stereocenters. The molecule has 6 N–H and O–H groups in total. The molecule has 0 saturated heterocycles. The molecule has 1 aromatic carbocycles. The molecule has 20 nitrogen and oxygen atoms in total. The van der Waals surface area contributed by atoms with E-state index in [1.165, 1.54) is 22.8 Å². The number of amides is 2. The molecule has 75 heavy (non-hydrogen) atoms. The number of alkyl carbamates (subject to hydrolysis) is 2. The standard InChI is InChI=1S/C51H52F4N16O4/c1-24-22-58-68(4)44(24)42-25(2)59-47(69-10-9-56-46(42)69)61-40-18-34(28-13-32(54)38(14-28)75-48(72)62-50(3)7-8-50)67-71(40)41-23-57-45(36-16-33(66-70(36)41)27-11-29(52)15-30(53)12-27)60-39-17-35(64-65-39)31-5-6-37(43(31)55)74-49(73)63-51-19-26(20-51)21-51/h9-12,15-18,22-23,26,28,31-32,37-38,43H,5-8,13-14,19-21H2,1-4H3,(H5,56,57,58,59,60,61,62,63,64,65,66,67,72,73)/p+1/t26?,28-,31-,32+,37-,38-,43-,51?/m0/s1. The van der Waals surface area contributed by atoms with Crippen molar-refractivity contribution in [2.45, 2.75) is 126 Å². The number of aromatic nitrogens is 12. The van der Waals surface area contributed by atoms with Crippen molar-refractivity contribution < 1.29 is 41.3 Å². The van der Waals surface area contributed by atoms with Crippen LogP contribution in [0.1, 0.15) is 99.2 Å². The number of aryl methyl sites for hydroxylation is 3. The van der Waals surface area contributed by atoms with Gasteiger partial charge in [-0.25, -0.2) is 52.5 Å². The molecule has 6 saturated carbocycles. The predicted octanol–water partition coefficient (Wildman–Crippen LogP) is 8.28. The highest BCUT2D eigenvalue weighted by Gasteiger charge is 2.58. The number of nitrogens with one attached hydrogen (secondary N) is 6. The average molecular weight is 1030 g/mol. The zero-order valence-electron chi connectivity index (χ0n) is 41.3. The molecule has 6 aliphatic carbocycles. The summed E-state index contributed by atoms with van der Waals surface area (Å²) in [5.41, 5.74) is 5.06. The van der Waals surface area contributed by atoms with Gasteiger partial charge in [0.15, 0.2) is 22.8 Å². The Kier molecular flexibility index (Phi) is 10.8. The number of H-pyrrole nitrogens is 2. The Hall–Kier alpha value is -8.05. The van der Waals surface area contributed by atoms with Gasteiger partial charge in [-0.15, -0.1) is 14.3 Å². The van der Waals surface area contributed by atoms with Crippen LogP contribution in [0.2, 0.25) is 0 Å². The first-order valence-electron chi connectivity index (χ1n) is 25.2. The van der Waals surface area contributed by atoms with Crippen LogP contribution < -0.4 is 25.9 Å². The number of halogens is 4. The number of ether oxygens (including phenoxy) is 2. The number of imidazole rings is 1. The van der Waals surface area contributed by atoms with E-state index in [9.17, 15) is 18.4 Å². The molecule has 14 rings (SSSR count). The molecule has 24 heteroatoms. The number of benzene rings is 1. The van der Waals surface area contributed by atoms with Crippen molar-refractivity contribution in [3.05, 3.63) is 95.5 Å². The van der Waals surface area contributed by atoms with Crippen LogP contribution in [0, 0.1) is 31.4 Å². The van der Waals surface area contributed by atoms with E-state index in [-0.39, 0.29) is 46.8 Å². The van der Waals surface area contributed by atoms with Gasteiger partial charge in [-0.2, -0.15) is 10.2 Å². The van der Waals surface area contributed by atoms with Crippen molar-refractivity contribution in [3.8, 4) is 28.3 Å². The van der Waals surface area contributed by atoms with Gasteiger partial charge in [0, 0.05) is 77.9 Å². The lowest BCUT2D eigenvalue weighted by atomic mass is 9.50. The highest BCUT2D eigenvalue weighted by atomic mass is 19.1. The van der Waals surface area contributed by atoms with Gasteiger partial charge in [0.2, 0.25) is 0 Å². The van der Waals surface area contributed by atoms with Gasteiger partial charge in [-0.05, 0) is 102 Å². The van der Waals surface area contributed by atoms with Crippen molar-refractivity contribution >= 4 is 46.8 Å². The zero-order valence-corrected chi connectivity index (χ0v) is 41.3. The first kappa shape index (κ1) is 46.7. The average Bonchev–Trinajstić information content (AvgIpc) is 4.13. The number of carbonyl (C=O) groups is 2. The summed E-state index contributed by atoms with van der Waals surface area (Å²) < 4.78 is 79.5. The van der Waals surface area contributed by atoms with E-state index in [0.29, 0.717) is 64.6 Å². The molecule has 0 spiro atoms. The first-order valence-corrected chi connectivity index (χ1v) is 25.2. The van der Waals surface area contributed by atoms with E-state index in [1.807, 2.05) is 38.3 Å². The third kappa shape index (κ3) is 8.33. The Balaban J connectivity index is 0.860. The SMILES string of the molecule is Cc1cnn(C)c1-c1c(C)nc(Nc2cc([C@H]3C[C@@H](F)[C@@H](OC(=O)NC4(C)CC4)C3)[nH][n+]2-c2cnc(Nc3cc([C@@H]4CC[C@H](OC(=O)NC56CC(C5)C6)[C@H]4F)[nH]n3)c3cc(-c4cc(F)cc(F)c4)nn23)n2ccnc12. The van der Waals surface area contributed by atoms with Gasteiger partial charge in [0.05, 0.1) is 28.8 Å². The molecular weight excluding hydrogens is 977 g/mol. The Morgan fingerprint density at radius 3 is 2.40 bits per heavy atom.